The Labute approximate surface area is 185 Å². The number of thiazole rings is 1. The number of hydrogen-bond donors (Lipinski definition) is 0. The molecule has 0 saturated carbocycles. The molecule has 3 aromatic rings. The average molecular weight is 466 g/mol. The van der Waals surface area contributed by atoms with E-state index in [1.54, 1.807) is 7.05 Å². The molecule has 0 aliphatic heterocycles. The maximum absolute atomic E-state index is 12.7. The van der Waals surface area contributed by atoms with Crippen LogP contribution in [0, 0.1) is 6.92 Å². The summed E-state index contributed by atoms with van der Waals surface area (Å²) in [5, 5.41) is 0.617. The number of benzene rings is 2. The highest BCUT2D eigenvalue weighted by atomic mass is 35.5. The van der Waals surface area contributed by atoms with E-state index in [1.165, 1.54) is 39.9 Å². The van der Waals surface area contributed by atoms with Crippen LogP contribution in [0.5, 0.6) is 0 Å². The molecule has 0 unspecified atom stereocenters. The number of hydrogen-bond acceptors (Lipinski definition) is 4. The molecule has 0 aliphatic rings. The molecule has 9 heteroatoms. The summed E-state index contributed by atoms with van der Waals surface area (Å²) in [6.07, 6.45) is 1.70. The first-order valence-corrected chi connectivity index (χ1v) is 12.2. The van der Waals surface area contributed by atoms with E-state index in [0.29, 0.717) is 21.9 Å². The van der Waals surface area contributed by atoms with E-state index in [9.17, 15) is 13.2 Å². The lowest BCUT2D eigenvalue weighted by atomic mass is 10.2. The lowest BCUT2D eigenvalue weighted by Crippen LogP contribution is -2.27. The Hall–Kier alpha value is -2.00. The highest BCUT2D eigenvalue weighted by molar-refractivity contribution is 7.89. The second kappa shape index (κ2) is 9.01. The molecule has 1 heterocycles. The number of aromatic nitrogens is 1. The molecule has 0 N–H and O–H groups in total. The van der Waals surface area contributed by atoms with Crippen LogP contribution in [0.1, 0.15) is 35.7 Å². The predicted octanol–water partition coefficient (Wildman–Crippen LogP) is 4.36. The average Bonchev–Trinajstić information content (AvgIpc) is 3.06. The molecule has 0 saturated heterocycles. The van der Waals surface area contributed by atoms with E-state index in [-0.39, 0.29) is 4.90 Å². The minimum Gasteiger partial charge on any atom is -0.319 e. The first kappa shape index (κ1) is 22.7. The monoisotopic (exact) mass is 465 g/mol. The van der Waals surface area contributed by atoms with E-state index in [2.05, 4.69) is 4.99 Å². The molecule has 30 heavy (non-hydrogen) atoms. The van der Waals surface area contributed by atoms with Crippen molar-refractivity contribution in [3.05, 3.63) is 57.3 Å². The van der Waals surface area contributed by atoms with Crippen molar-refractivity contribution in [2.45, 2.75) is 31.6 Å². The smallest absolute Gasteiger partial charge is 0.279 e. The van der Waals surface area contributed by atoms with Gasteiger partial charge in [0.05, 0.1) is 20.1 Å². The van der Waals surface area contributed by atoms with E-state index >= 15 is 0 Å². The summed E-state index contributed by atoms with van der Waals surface area (Å²) in [5.41, 5.74) is 2.31. The number of halogens is 1. The summed E-state index contributed by atoms with van der Waals surface area (Å²) in [6, 6.07) is 9.66. The van der Waals surface area contributed by atoms with Gasteiger partial charge >= 0.3 is 0 Å². The molecule has 0 spiro atoms. The van der Waals surface area contributed by atoms with Gasteiger partial charge in [-0.3, -0.25) is 4.79 Å². The topological polar surface area (TPSA) is 71.7 Å². The second-order valence-corrected chi connectivity index (χ2v) is 10.5. The zero-order valence-electron chi connectivity index (χ0n) is 17.3. The number of amides is 1. The number of rotatable bonds is 6. The van der Waals surface area contributed by atoms with Gasteiger partial charge in [0, 0.05) is 26.2 Å². The van der Waals surface area contributed by atoms with Crippen molar-refractivity contribution in [2.75, 3.05) is 13.6 Å². The van der Waals surface area contributed by atoms with E-state index in [1.807, 2.05) is 37.6 Å². The van der Waals surface area contributed by atoms with Crippen molar-refractivity contribution in [2.24, 2.45) is 12.0 Å². The fourth-order valence-corrected chi connectivity index (χ4v) is 5.69. The summed E-state index contributed by atoms with van der Waals surface area (Å²) in [6.45, 7) is 4.45. The number of unbranched alkanes of at least 4 members (excludes halogenated alkanes) is 1. The van der Waals surface area contributed by atoms with Crippen molar-refractivity contribution >= 4 is 49.1 Å². The third kappa shape index (κ3) is 4.37. The largest absolute Gasteiger partial charge is 0.319 e. The summed E-state index contributed by atoms with van der Waals surface area (Å²) < 4.78 is 29.3. The number of sulfonamides is 1. The maximum atomic E-state index is 12.7. The zero-order valence-corrected chi connectivity index (χ0v) is 19.7. The Balaban J connectivity index is 1.92. The van der Waals surface area contributed by atoms with Gasteiger partial charge in [0.25, 0.3) is 5.91 Å². The van der Waals surface area contributed by atoms with Gasteiger partial charge in [-0.05, 0) is 49.2 Å². The third-order valence-corrected chi connectivity index (χ3v) is 8.40. The van der Waals surface area contributed by atoms with Crippen LogP contribution in [0.2, 0.25) is 5.02 Å². The Kier molecular flexibility index (Phi) is 6.81. The molecule has 1 aromatic heterocycles. The van der Waals surface area contributed by atoms with Crippen molar-refractivity contribution < 1.29 is 13.2 Å². The van der Waals surface area contributed by atoms with Gasteiger partial charge in [0.2, 0.25) is 10.0 Å². The molecule has 1 amide bonds. The van der Waals surface area contributed by atoms with Crippen molar-refractivity contribution in [1.82, 2.24) is 8.87 Å². The van der Waals surface area contributed by atoms with Crippen LogP contribution in [-0.4, -0.2) is 36.8 Å². The fourth-order valence-electron chi connectivity index (χ4n) is 3.11. The molecule has 0 aliphatic carbocycles. The lowest BCUT2D eigenvalue weighted by molar-refractivity contribution is 0.0998. The van der Waals surface area contributed by atoms with Gasteiger partial charge in [-0.2, -0.15) is 4.99 Å². The molecule has 0 radical (unpaired) electrons. The van der Waals surface area contributed by atoms with Gasteiger partial charge < -0.3 is 4.57 Å². The van der Waals surface area contributed by atoms with E-state index in [4.69, 9.17) is 11.6 Å². The first-order valence-electron chi connectivity index (χ1n) is 9.57. The maximum Gasteiger partial charge on any atom is 0.279 e. The molecule has 0 bridgehead atoms. The molecular weight excluding hydrogens is 442 g/mol. The number of nitrogens with zero attached hydrogens (tertiary/aromatic N) is 3. The molecule has 3 rings (SSSR count). The van der Waals surface area contributed by atoms with Crippen LogP contribution >= 0.6 is 22.9 Å². The second-order valence-electron chi connectivity index (χ2n) is 7.11. The molecule has 2 aromatic carbocycles. The van der Waals surface area contributed by atoms with E-state index in [0.717, 1.165) is 28.6 Å². The van der Waals surface area contributed by atoms with Gasteiger partial charge in [0.15, 0.2) is 4.80 Å². The van der Waals surface area contributed by atoms with Crippen LogP contribution < -0.4 is 4.80 Å². The number of carbonyl (C=O) groups excluding carboxylic acids is 1. The van der Waals surface area contributed by atoms with Crippen LogP contribution in [0.3, 0.4) is 0 Å². The highest BCUT2D eigenvalue weighted by Crippen LogP contribution is 2.28. The van der Waals surface area contributed by atoms with Gasteiger partial charge in [-0.25, -0.2) is 12.7 Å². The van der Waals surface area contributed by atoms with Gasteiger partial charge in [0.1, 0.15) is 0 Å². The summed E-state index contributed by atoms with van der Waals surface area (Å²) in [4.78, 5) is 17.6. The third-order valence-electron chi connectivity index (χ3n) is 4.93. The quantitative estimate of drug-likeness (QED) is 0.542. The van der Waals surface area contributed by atoms with Crippen LogP contribution in [0.15, 0.2) is 46.3 Å². The molecular formula is C21H24ClN3O3S2. The van der Waals surface area contributed by atoms with Crippen molar-refractivity contribution in [1.29, 1.82) is 0 Å². The Morgan fingerprint density at radius 1 is 1.20 bits per heavy atom. The SMILES string of the molecule is CCCCN(C)S(=O)(=O)c1ccc(C(=O)N=c2sc3c(Cl)ccc(C)c3n2C)cc1. The zero-order chi connectivity index (χ0) is 22.1. The fraction of sp³-hybridized carbons (Fsp3) is 0.333. The minimum atomic E-state index is -3.57. The van der Waals surface area contributed by atoms with Crippen LogP contribution in [0.4, 0.5) is 0 Å². The van der Waals surface area contributed by atoms with Crippen LogP contribution in [-0.2, 0) is 17.1 Å². The summed E-state index contributed by atoms with van der Waals surface area (Å²) in [5.74, 6) is -0.436. The summed E-state index contributed by atoms with van der Waals surface area (Å²) >= 11 is 7.64. The number of aryl methyl sites for hydroxylation is 2. The minimum absolute atomic E-state index is 0.160. The Morgan fingerprint density at radius 2 is 1.87 bits per heavy atom. The van der Waals surface area contributed by atoms with Crippen LogP contribution in [0.25, 0.3) is 10.2 Å². The lowest BCUT2D eigenvalue weighted by Gasteiger charge is -2.16. The van der Waals surface area contributed by atoms with Gasteiger partial charge in [-0.1, -0.05) is 42.3 Å². The van der Waals surface area contributed by atoms with E-state index < -0.39 is 15.9 Å². The molecule has 6 nitrogen and oxygen atoms in total. The Bertz CT molecular complexity index is 1260. The van der Waals surface area contributed by atoms with Gasteiger partial charge in [-0.15, -0.1) is 0 Å². The molecule has 160 valence electrons. The highest BCUT2D eigenvalue weighted by Gasteiger charge is 2.20. The molecule has 0 atom stereocenters. The number of carbonyl (C=O) groups is 1. The molecule has 0 fully saturated rings. The van der Waals surface area contributed by atoms with Crippen molar-refractivity contribution in [3.8, 4) is 0 Å². The number of fused-ring (bicyclic) bond motifs is 1. The first-order chi connectivity index (χ1) is 14.2. The summed E-state index contributed by atoms with van der Waals surface area (Å²) in [7, 11) is -0.165. The van der Waals surface area contributed by atoms with Crippen molar-refractivity contribution in [3.63, 3.8) is 0 Å². The normalized spacial score (nSPS) is 12.8. The Morgan fingerprint density at radius 3 is 2.47 bits per heavy atom. The standard InChI is InChI=1S/C21H24ClN3O3S2/c1-5-6-13-24(3)30(27,28)16-10-8-15(9-11-16)20(26)23-21-25(4)18-14(2)7-12-17(22)19(18)29-21/h7-12H,5-6,13H2,1-4H3. The predicted molar refractivity (Wildman–Crippen MR) is 122 cm³/mol.